The monoisotopic (exact) mass is 447 g/mol. The average Bonchev–Trinajstić information content (AvgIpc) is 3.32. The van der Waals surface area contributed by atoms with Crippen LogP contribution in [0.25, 0.3) is 0 Å². The molecule has 4 heteroatoms. The molecule has 0 aromatic carbocycles. The molecule has 180 valence electrons. The van der Waals surface area contributed by atoms with Crippen molar-refractivity contribution in [2.45, 2.75) is 96.5 Å². The van der Waals surface area contributed by atoms with E-state index in [9.17, 15) is 13.9 Å². The Balaban J connectivity index is 1.29. The van der Waals surface area contributed by atoms with E-state index in [1.54, 1.807) is 5.57 Å². The topological polar surface area (TPSA) is 23.5 Å². The maximum Gasteiger partial charge on any atom is 0.238 e. The molecule has 5 unspecified atom stereocenters. The van der Waals surface area contributed by atoms with E-state index in [1.165, 1.54) is 50.5 Å². The van der Waals surface area contributed by atoms with Crippen molar-refractivity contribution in [1.82, 2.24) is 4.90 Å². The predicted octanol–water partition coefficient (Wildman–Crippen LogP) is 6.91. The Hall–Kier alpha value is -1.00. The summed E-state index contributed by atoms with van der Waals surface area (Å²) in [7, 11) is 0. The van der Waals surface area contributed by atoms with Crippen LogP contribution in [0.4, 0.5) is 8.78 Å². The highest BCUT2D eigenvalue weighted by molar-refractivity contribution is 5.27. The number of fused-ring (bicyclic) bond motifs is 1. The van der Waals surface area contributed by atoms with Crippen LogP contribution in [0.15, 0.2) is 35.5 Å². The van der Waals surface area contributed by atoms with Crippen LogP contribution >= 0.6 is 0 Å². The second-order valence-electron chi connectivity index (χ2n) is 11.4. The molecule has 0 radical (unpaired) electrons. The van der Waals surface area contributed by atoms with Gasteiger partial charge in [0.15, 0.2) is 0 Å². The summed E-state index contributed by atoms with van der Waals surface area (Å²) in [5, 5.41) is 10.1. The molecule has 3 aliphatic carbocycles. The quantitative estimate of drug-likeness (QED) is 0.428. The van der Waals surface area contributed by atoms with Crippen molar-refractivity contribution in [2.24, 2.45) is 23.2 Å². The SMILES string of the molecule is C=C1CC/C(=C/C=C2\CCCC3(C)C(CCCN4CCC(CC(F)F)C4)CCC23)CC1O. The van der Waals surface area contributed by atoms with E-state index in [4.69, 9.17) is 0 Å². The summed E-state index contributed by atoms with van der Waals surface area (Å²) in [4.78, 5) is 2.42. The van der Waals surface area contributed by atoms with Gasteiger partial charge in [0, 0.05) is 13.0 Å². The molecule has 4 rings (SSSR count). The molecule has 32 heavy (non-hydrogen) atoms. The van der Waals surface area contributed by atoms with Crippen molar-refractivity contribution in [3.63, 3.8) is 0 Å². The molecule has 0 aromatic heterocycles. The van der Waals surface area contributed by atoms with Crippen LogP contribution in [0.3, 0.4) is 0 Å². The van der Waals surface area contributed by atoms with Gasteiger partial charge >= 0.3 is 0 Å². The van der Waals surface area contributed by atoms with Gasteiger partial charge in [0.25, 0.3) is 0 Å². The Bertz CT molecular complexity index is 729. The van der Waals surface area contributed by atoms with E-state index < -0.39 is 6.43 Å². The Morgan fingerprint density at radius 1 is 1.19 bits per heavy atom. The van der Waals surface area contributed by atoms with E-state index in [-0.39, 0.29) is 18.4 Å². The van der Waals surface area contributed by atoms with E-state index >= 15 is 0 Å². The Kier molecular flexibility index (Phi) is 7.93. The van der Waals surface area contributed by atoms with Crippen LogP contribution in [0.2, 0.25) is 0 Å². The van der Waals surface area contributed by atoms with Crippen molar-refractivity contribution < 1.29 is 13.9 Å². The standard InChI is InChI=1S/C28H43F2NO/c1-20-7-8-21(17-26(20)32)9-10-23-5-3-14-28(2)24(11-12-25(23)28)6-4-15-31-16-13-22(19-31)18-27(29)30/h9-10,22,24-27,32H,1,3-8,11-19H2,2H3/b21-9-,23-10+. The van der Waals surface area contributed by atoms with Crippen LogP contribution in [-0.2, 0) is 0 Å². The molecule has 4 fully saturated rings. The largest absolute Gasteiger partial charge is 0.388 e. The van der Waals surface area contributed by atoms with Crippen LogP contribution in [0.1, 0.15) is 84.0 Å². The van der Waals surface area contributed by atoms with E-state index in [1.807, 2.05) is 0 Å². The van der Waals surface area contributed by atoms with Gasteiger partial charge in [0.1, 0.15) is 0 Å². The smallest absolute Gasteiger partial charge is 0.238 e. The van der Waals surface area contributed by atoms with Crippen LogP contribution in [0, 0.1) is 23.2 Å². The fourth-order valence-electron chi connectivity index (χ4n) is 7.30. The summed E-state index contributed by atoms with van der Waals surface area (Å²) in [5.41, 5.74) is 4.42. The molecule has 0 spiro atoms. The first-order chi connectivity index (χ1) is 15.3. The van der Waals surface area contributed by atoms with Crippen molar-refractivity contribution in [2.75, 3.05) is 19.6 Å². The zero-order valence-electron chi connectivity index (χ0n) is 20.0. The Morgan fingerprint density at radius 2 is 2.03 bits per heavy atom. The lowest BCUT2D eigenvalue weighted by Crippen LogP contribution is -2.33. The lowest BCUT2D eigenvalue weighted by molar-refractivity contribution is 0.114. The number of nitrogens with zero attached hydrogens (tertiary/aromatic N) is 1. The molecule has 1 heterocycles. The van der Waals surface area contributed by atoms with Gasteiger partial charge < -0.3 is 10.0 Å². The summed E-state index contributed by atoms with van der Waals surface area (Å²) in [6.07, 6.45) is 15.0. The number of rotatable bonds is 7. The lowest BCUT2D eigenvalue weighted by Gasteiger charge is -2.42. The molecule has 0 aromatic rings. The number of alkyl halides is 2. The fraction of sp³-hybridized carbons (Fsp3) is 0.786. The molecule has 1 aliphatic heterocycles. The molecular weight excluding hydrogens is 404 g/mol. The van der Waals surface area contributed by atoms with E-state index in [2.05, 4.69) is 30.6 Å². The second kappa shape index (κ2) is 10.5. The van der Waals surface area contributed by atoms with Crippen molar-refractivity contribution in [3.8, 4) is 0 Å². The van der Waals surface area contributed by atoms with Crippen LogP contribution < -0.4 is 0 Å². The van der Waals surface area contributed by atoms with Crippen molar-refractivity contribution >= 4 is 0 Å². The predicted molar refractivity (Wildman–Crippen MR) is 128 cm³/mol. The number of aliphatic hydroxyl groups is 1. The number of hydrogen-bond acceptors (Lipinski definition) is 2. The van der Waals surface area contributed by atoms with Gasteiger partial charge in [-0.15, -0.1) is 0 Å². The van der Waals surface area contributed by atoms with Gasteiger partial charge in [-0.25, -0.2) is 8.78 Å². The maximum atomic E-state index is 12.7. The minimum Gasteiger partial charge on any atom is -0.388 e. The molecule has 3 saturated carbocycles. The van der Waals surface area contributed by atoms with Crippen LogP contribution in [0.5, 0.6) is 0 Å². The van der Waals surface area contributed by atoms with Crippen molar-refractivity contribution in [3.05, 3.63) is 35.5 Å². The molecule has 2 nitrogen and oxygen atoms in total. The Morgan fingerprint density at radius 3 is 2.81 bits per heavy atom. The third kappa shape index (κ3) is 5.55. The van der Waals surface area contributed by atoms with E-state index in [0.29, 0.717) is 11.3 Å². The molecule has 1 saturated heterocycles. The van der Waals surface area contributed by atoms with Gasteiger partial charge in [-0.2, -0.15) is 0 Å². The zero-order valence-corrected chi connectivity index (χ0v) is 20.0. The molecule has 1 N–H and O–H groups in total. The van der Waals surface area contributed by atoms with Gasteiger partial charge in [0.2, 0.25) is 6.43 Å². The molecular formula is C28H43F2NO. The highest BCUT2D eigenvalue weighted by Gasteiger charge is 2.48. The number of aliphatic hydroxyl groups excluding tert-OH is 1. The van der Waals surface area contributed by atoms with Crippen LogP contribution in [-0.4, -0.2) is 42.2 Å². The summed E-state index contributed by atoms with van der Waals surface area (Å²) in [5.74, 6) is 1.71. The van der Waals surface area contributed by atoms with Gasteiger partial charge in [0.05, 0.1) is 6.10 Å². The summed E-state index contributed by atoms with van der Waals surface area (Å²) >= 11 is 0. The van der Waals surface area contributed by atoms with Gasteiger partial charge in [-0.3, -0.25) is 0 Å². The minimum atomic E-state index is -2.15. The Labute approximate surface area is 193 Å². The second-order valence-corrected chi connectivity index (χ2v) is 11.4. The summed E-state index contributed by atoms with van der Waals surface area (Å²) < 4.78 is 25.3. The van der Waals surface area contributed by atoms with Gasteiger partial charge in [-0.05, 0) is 112 Å². The lowest BCUT2D eigenvalue weighted by atomic mass is 9.62. The number of allylic oxidation sites excluding steroid dienone is 3. The van der Waals surface area contributed by atoms with Gasteiger partial charge in [-0.1, -0.05) is 36.8 Å². The highest BCUT2D eigenvalue weighted by atomic mass is 19.3. The van der Waals surface area contributed by atoms with Crippen molar-refractivity contribution in [1.29, 1.82) is 0 Å². The zero-order chi connectivity index (χ0) is 22.7. The summed E-state index contributed by atoms with van der Waals surface area (Å²) in [6, 6.07) is 0. The number of hydrogen-bond donors (Lipinski definition) is 1. The highest BCUT2D eigenvalue weighted by Crippen LogP contribution is 2.58. The fourth-order valence-corrected chi connectivity index (χ4v) is 7.30. The first-order valence-electron chi connectivity index (χ1n) is 13.1. The maximum absolute atomic E-state index is 12.7. The van der Waals surface area contributed by atoms with E-state index in [0.717, 1.165) is 56.8 Å². The molecule has 4 aliphatic rings. The third-order valence-corrected chi connectivity index (χ3v) is 9.30. The normalized spacial score (nSPS) is 38.8. The molecule has 5 atom stereocenters. The third-order valence-electron chi connectivity index (χ3n) is 9.30. The molecule has 0 amide bonds. The number of likely N-dealkylation sites (tertiary alicyclic amines) is 1. The summed E-state index contributed by atoms with van der Waals surface area (Å²) in [6.45, 7) is 9.48. The minimum absolute atomic E-state index is 0.0812. The average molecular weight is 448 g/mol. The molecule has 0 bridgehead atoms. The first-order valence-corrected chi connectivity index (χ1v) is 13.1. The number of halogens is 2. The first kappa shape index (κ1) is 24.1.